The van der Waals surface area contributed by atoms with Gasteiger partial charge in [-0.05, 0) is 44.9 Å². The number of nitrogens with one attached hydrogen (secondary N) is 1. The first-order chi connectivity index (χ1) is 12.9. The van der Waals surface area contributed by atoms with Gasteiger partial charge in [0.2, 0.25) is 0 Å². The van der Waals surface area contributed by atoms with E-state index < -0.39 is 0 Å². The number of thiazole rings is 1. The average Bonchev–Trinajstić information content (AvgIpc) is 3.30. The van der Waals surface area contributed by atoms with Crippen LogP contribution in [0.15, 0.2) is 29.6 Å². The molecule has 1 fully saturated rings. The highest BCUT2D eigenvalue weighted by molar-refractivity contribution is 7.09. The molecule has 0 aliphatic carbocycles. The minimum Gasteiger partial charge on any atom is -0.337 e. The number of carbonyl (C=O) groups is 2. The van der Waals surface area contributed by atoms with Crippen molar-refractivity contribution in [1.29, 1.82) is 0 Å². The number of halogens is 1. The monoisotopic (exact) mass is 406 g/mol. The standard InChI is InChI=1S/C19H23ClN4O2S/c1-13(2)24(19(26)21-15-7-5-6-14(20)10-15)11-17-22-16(12-27-17)18(25)23-8-3-4-9-23/h5-7,10,12-13H,3-4,8-9,11H2,1-2H3,(H,21,26). The molecule has 0 atom stereocenters. The number of hydrogen-bond acceptors (Lipinski definition) is 4. The van der Waals surface area contributed by atoms with Crippen LogP contribution in [0.25, 0.3) is 0 Å². The third-order valence-electron chi connectivity index (χ3n) is 4.43. The third-order valence-corrected chi connectivity index (χ3v) is 5.50. The van der Waals surface area contributed by atoms with Gasteiger partial charge in [-0.25, -0.2) is 9.78 Å². The van der Waals surface area contributed by atoms with Crippen molar-refractivity contribution >= 4 is 40.6 Å². The molecule has 3 amide bonds. The molecule has 8 heteroatoms. The topological polar surface area (TPSA) is 65.5 Å². The van der Waals surface area contributed by atoms with Crippen LogP contribution in [0.5, 0.6) is 0 Å². The summed E-state index contributed by atoms with van der Waals surface area (Å²) in [4.78, 5) is 33.1. The van der Waals surface area contributed by atoms with Gasteiger partial charge >= 0.3 is 6.03 Å². The largest absolute Gasteiger partial charge is 0.337 e. The first-order valence-electron chi connectivity index (χ1n) is 9.01. The number of anilines is 1. The van der Waals surface area contributed by atoms with Crippen molar-refractivity contribution in [1.82, 2.24) is 14.8 Å². The molecule has 1 aromatic heterocycles. The molecule has 1 N–H and O–H groups in total. The fraction of sp³-hybridized carbons (Fsp3) is 0.421. The van der Waals surface area contributed by atoms with E-state index in [1.807, 2.05) is 18.7 Å². The van der Waals surface area contributed by atoms with Gasteiger partial charge in [0.25, 0.3) is 5.91 Å². The second-order valence-corrected chi connectivity index (χ2v) is 8.17. The number of hydrogen-bond donors (Lipinski definition) is 1. The Balaban J connectivity index is 1.67. The Morgan fingerprint density at radius 2 is 2.07 bits per heavy atom. The zero-order chi connectivity index (χ0) is 19.4. The van der Waals surface area contributed by atoms with E-state index in [0.29, 0.717) is 22.9 Å². The van der Waals surface area contributed by atoms with Gasteiger partial charge in [-0.15, -0.1) is 11.3 Å². The molecule has 0 spiro atoms. The number of amides is 3. The minimum absolute atomic E-state index is 0.0190. The van der Waals surface area contributed by atoms with Crippen LogP contribution in [0.1, 0.15) is 42.2 Å². The fourth-order valence-electron chi connectivity index (χ4n) is 2.96. The summed E-state index contributed by atoms with van der Waals surface area (Å²) >= 11 is 7.38. The van der Waals surface area contributed by atoms with E-state index in [9.17, 15) is 9.59 Å². The smallest absolute Gasteiger partial charge is 0.322 e. The van der Waals surface area contributed by atoms with Crippen LogP contribution in [0.4, 0.5) is 10.5 Å². The lowest BCUT2D eigenvalue weighted by molar-refractivity contribution is 0.0787. The highest BCUT2D eigenvalue weighted by Crippen LogP contribution is 2.20. The SMILES string of the molecule is CC(C)N(Cc1nc(C(=O)N2CCCC2)cs1)C(=O)Nc1cccc(Cl)c1. The van der Waals surface area contributed by atoms with Gasteiger partial charge in [0.1, 0.15) is 10.7 Å². The normalized spacial score (nSPS) is 13.9. The maximum Gasteiger partial charge on any atom is 0.322 e. The summed E-state index contributed by atoms with van der Waals surface area (Å²) in [5.41, 5.74) is 1.11. The van der Waals surface area contributed by atoms with E-state index in [2.05, 4.69) is 10.3 Å². The van der Waals surface area contributed by atoms with Crippen molar-refractivity contribution in [2.45, 2.75) is 39.3 Å². The van der Waals surface area contributed by atoms with Gasteiger partial charge < -0.3 is 15.1 Å². The summed E-state index contributed by atoms with van der Waals surface area (Å²) in [7, 11) is 0. The predicted octanol–water partition coefficient (Wildman–Crippen LogP) is 4.48. The van der Waals surface area contributed by atoms with E-state index in [1.54, 1.807) is 34.5 Å². The molecule has 1 aliphatic rings. The number of likely N-dealkylation sites (tertiary alicyclic amines) is 1. The van der Waals surface area contributed by atoms with Crippen LogP contribution in [0.3, 0.4) is 0 Å². The summed E-state index contributed by atoms with van der Waals surface area (Å²) in [5.74, 6) is -0.0190. The van der Waals surface area contributed by atoms with Crippen LogP contribution in [-0.4, -0.2) is 45.9 Å². The first kappa shape index (κ1) is 19.6. The van der Waals surface area contributed by atoms with E-state index in [4.69, 9.17) is 11.6 Å². The Labute approximate surface area is 168 Å². The summed E-state index contributed by atoms with van der Waals surface area (Å²) in [6, 6.07) is 6.79. The van der Waals surface area contributed by atoms with Crippen molar-refractivity contribution in [2.24, 2.45) is 0 Å². The molecule has 0 unspecified atom stereocenters. The molecule has 144 valence electrons. The second kappa shape index (κ2) is 8.71. The van der Waals surface area contributed by atoms with Crippen molar-refractivity contribution in [3.05, 3.63) is 45.4 Å². The first-order valence-corrected chi connectivity index (χ1v) is 10.3. The molecule has 1 saturated heterocycles. The number of nitrogens with zero attached hydrogens (tertiary/aromatic N) is 3. The van der Waals surface area contributed by atoms with E-state index in [-0.39, 0.29) is 18.0 Å². The molecule has 27 heavy (non-hydrogen) atoms. The highest BCUT2D eigenvalue weighted by Gasteiger charge is 2.23. The molecule has 0 bridgehead atoms. The quantitative estimate of drug-likeness (QED) is 0.796. The van der Waals surface area contributed by atoms with Gasteiger partial charge in [-0.2, -0.15) is 0 Å². The zero-order valence-electron chi connectivity index (χ0n) is 15.4. The summed E-state index contributed by atoms with van der Waals surface area (Å²) < 4.78 is 0. The lowest BCUT2D eigenvalue weighted by Crippen LogP contribution is -2.39. The number of benzene rings is 1. The van der Waals surface area contributed by atoms with Crippen LogP contribution >= 0.6 is 22.9 Å². The van der Waals surface area contributed by atoms with Gasteiger partial charge in [0, 0.05) is 35.2 Å². The van der Waals surface area contributed by atoms with Gasteiger partial charge in [-0.3, -0.25) is 4.79 Å². The Morgan fingerprint density at radius 3 is 2.74 bits per heavy atom. The molecule has 0 radical (unpaired) electrons. The Hall–Kier alpha value is -2.12. The van der Waals surface area contributed by atoms with Crippen molar-refractivity contribution in [3.8, 4) is 0 Å². The van der Waals surface area contributed by atoms with E-state index in [0.717, 1.165) is 30.9 Å². The molecular formula is C19H23ClN4O2S. The Kier molecular flexibility index (Phi) is 6.34. The Morgan fingerprint density at radius 1 is 1.33 bits per heavy atom. The molecule has 2 heterocycles. The van der Waals surface area contributed by atoms with Gasteiger partial charge in [-0.1, -0.05) is 17.7 Å². The summed E-state index contributed by atoms with van der Waals surface area (Å²) in [5, 5.41) is 5.95. The molecule has 1 aliphatic heterocycles. The molecule has 2 aromatic rings. The Bertz CT molecular complexity index is 818. The number of rotatable bonds is 5. The molecule has 1 aromatic carbocycles. The van der Waals surface area contributed by atoms with Crippen molar-refractivity contribution < 1.29 is 9.59 Å². The van der Waals surface area contributed by atoms with Crippen LogP contribution < -0.4 is 5.32 Å². The second-order valence-electron chi connectivity index (χ2n) is 6.79. The maximum absolute atomic E-state index is 12.7. The number of urea groups is 1. The molecule has 3 rings (SSSR count). The number of aromatic nitrogens is 1. The van der Waals surface area contributed by atoms with Crippen LogP contribution in [0, 0.1) is 0 Å². The van der Waals surface area contributed by atoms with Crippen LogP contribution in [-0.2, 0) is 6.54 Å². The van der Waals surface area contributed by atoms with E-state index >= 15 is 0 Å². The number of carbonyl (C=O) groups excluding carboxylic acids is 2. The third kappa shape index (κ3) is 4.99. The molecular weight excluding hydrogens is 384 g/mol. The highest BCUT2D eigenvalue weighted by atomic mass is 35.5. The lowest BCUT2D eigenvalue weighted by Gasteiger charge is -2.26. The zero-order valence-corrected chi connectivity index (χ0v) is 17.0. The van der Waals surface area contributed by atoms with Crippen LogP contribution in [0.2, 0.25) is 5.02 Å². The predicted molar refractivity (Wildman–Crippen MR) is 108 cm³/mol. The maximum atomic E-state index is 12.7. The lowest BCUT2D eigenvalue weighted by atomic mass is 10.3. The van der Waals surface area contributed by atoms with Gasteiger partial charge in [0.15, 0.2) is 0 Å². The molecule has 6 nitrogen and oxygen atoms in total. The average molecular weight is 407 g/mol. The fourth-order valence-corrected chi connectivity index (χ4v) is 3.92. The van der Waals surface area contributed by atoms with Crippen molar-refractivity contribution in [3.63, 3.8) is 0 Å². The van der Waals surface area contributed by atoms with Crippen molar-refractivity contribution in [2.75, 3.05) is 18.4 Å². The van der Waals surface area contributed by atoms with Gasteiger partial charge in [0.05, 0.1) is 6.54 Å². The summed E-state index contributed by atoms with van der Waals surface area (Å²) in [6.07, 6.45) is 2.10. The molecule has 0 saturated carbocycles. The van der Waals surface area contributed by atoms with E-state index in [1.165, 1.54) is 11.3 Å². The minimum atomic E-state index is -0.227. The summed E-state index contributed by atoms with van der Waals surface area (Å²) in [6.45, 7) is 5.84.